The van der Waals surface area contributed by atoms with E-state index in [1.54, 1.807) is 12.4 Å². The van der Waals surface area contributed by atoms with Crippen LogP contribution in [0.2, 0.25) is 0 Å². The Balaban J connectivity index is 1.50. The predicted octanol–water partition coefficient (Wildman–Crippen LogP) is 4.91. The van der Waals surface area contributed by atoms with E-state index in [1.165, 1.54) is 0 Å². The van der Waals surface area contributed by atoms with Crippen LogP contribution in [-0.4, -0.2) is 25.1 Å². The van der Waals surface area contributed by atoms with Gasteiger partial charge in [-0.15, -0.1) is 0 Å². The molecule has 0 amide bonds. The molecule has 0 aliphatic carbocycles. The Labute approximate surface area is 172 Å². The largest absolute Gasteiger partial charge is 0.360 e. The molecule has 0 bridgehead atoms. The Morgan fingerprint density at radius 1 is 0.800 bits per heavy atom. The van der Waals surface area contributed by atoms with Crippen LogP contribution in [0.1, 0.15) is 18.8 Å². The van der Waals surface area contributed by atoms with E-state index in [0.29, 0.717) is 23.4 Å². The summed E-state index contributed by atoms with van der Waals surface area (Å²) in [6, 6.07) is 21.2. The third-order valence-corrected chi connectivity index (χ3v) is 4.74. The van der Waals surface area contributed by atoms with Gasteiger partial charge >= 0.3 is 0 Å². The topological polar surface area (TPSA) is 89.6 Å². The molecular weight excluding hydrogens is 376 g/mol. The van der Waals surface area contributed by atoms with E-state index in [0.717, 1.165) is 22.0 Å². The molecule has 30 heavy (non-hydrogen) atoms. The maximum Gasteiger partial charge on any atom is 0.257 e. The zero-order valence-corrected chi connectivity index (χ0v) is 16.2. The molecule has 3 heterocycles. The van der Waals surface area contributed by atoms with Crippen LogP contribution in [0, 0.1) is 0 Å². The molecule has 0 spiro atoms. The molecule has 1 atom stereocenters. The summed E-state index contributed by atoms with van der Waals surface area (Å²) in [7, 11) is 0. The molecular formula is C23H18N6O. The van der Waals surface area contributed by atoms with Crippen molar-refractivity contribution in [1.29, 1.82) is 0 Å². The Morgan fingerprint density at radius 3 is 2.40 bits per heavy atom. The minimum Gasteiger partial charge on any atom is -0.360 e. The van der Waals surface area contributed by atoms with E-state index in [-0.39, 0.29) is 6.04 Å². The molecule has 0 aliphatic rings. The van der Waals surface area contributed by atoms with Crippen molar-refractivity contribution in [2.45, 2.75) is 13.0 Å². The molecule has 5 aromatic rings. The van der Waals surface area contributed by atoms with Crippen LogP contribution in [0.4, 0.5) is 5.82 Å². The lowest BCUT2D eigenvalue weighted by molar-refractivity contribution is 0.420. The lowest BCUT2D eigenvalue weighted by Crippen LogP contribution is -2.11. The highest BCUT2D eigenvalue weighted by molar-refractivity contribution is 5.90. The minimum absolute atomic E-state index is 0.213. The second-order valence-corrected chi connectivity index (χ2v) is 6.84. The zero-order valence-electron chi connectivity index (χ0n) is 16.2. The highest BCUT2D eigenvalue weighted by Gasteiger charge is 2.17. The summed E-state index contributed by atoms with van der Waals surface area (Å²) in [5.74, 6) is 2.39. The normalized spacial score (nSPS) is 12.0. The molecule has 5 rings (SSSR count). The number of para-hydroxylation sites is 1. The smallest absolute Gasteiger partial charge is 0.257 e. The first-order valence-corrected chi connectivity index (χ1v) is 9.61. The third kappa shape index (κ3) is 3.48. The van der Waals surface area contributed by atoms with Crippen molar-refractivity contribution in [3.05, 3.63) is 84.9 Å². The maximum atomic E-state index is 5.45. The van der Waals surface area contributed by atoms with Crippen LogP contribution in [0.25, 0.3) is 33.7 Å². The van der Waals surface area contributed by atoms with Gasteiger partial charge in [0.2, 0.25) is 0 Å². The lowest BCUT2D eigenvalue weighted by atomic mass is 10.2. The summed E-state index contributed by atoms with van der Waals surface area (Å²) in [5.41, 5.74) is 2.64. The summed E-state index contributed by atoms with van der Waals surface area (Å²) in [6.07, 6.45) is 3.46. The van der Waals surface area contributed by atoms with Gasteiger partial charge in [-0.3, -0.25) is 4.98 Å². The number of nitrogens with one attached hydrogen (secondary N) is 1. The second-order valence-electron chi connectivity index (χ2n) is 6.84. The monoisotopic (exact) mass is 394 g/mol. The van der Waals surface area contributed by atoms with Gasteiger partial charge in [0.25, 0.3) is 5.89 Å². The van der Waals surface area contributed by atoms with Gasteiger partial charge in [0, 0.05) is 28.9 Å². The number of benzene rings is 2. The molecule has 2 aromatic carbocycles. The number of fused-ring (bicyclic) bond motifs is 1. The highest BCUT2D eigenvalue weighted by Crippen LogP contribution is 2.27. The van der Waals surface area contributed by atoms with Crippen molar-refractivity contribution in [3.8, 4) is 22.8 Å². The maximum absolute atomic E-state index is 5.45. The van der Waals surface area contributed by atoms with Crippen LogP contribution < -0.4 is 5.32 Å². The molecule has 1 unspecified atom stereocenters. The number of pyridine rings is 1. The number of rotatable bonds is 5. The fourth-order valence-electron chi connectivity index (χ4n) is 3.20. The average molecular weight is 394 g/mol. The van der Waals surface area contributed by atoms with Gasteiger partial charge in [-0.2, -0.15) is 4.98 Å². The van der Waals surface area contributed by atoms with Crippen molar-refractivity contribution in [2.24, 2.45) is 0 Å². The summed E-state index contributed by atoms with van der Waals surface area (Å²) < 4.78 is 5.45. The standard InChI is InChI=1S/C23H18N6O/c1-15(20-28-23(30-29-20)17-7-3-2-4-8-17)25-22-18-9-5-6-10-19(18)26-21(27-22)16-11-13-24-14-12-16/h2-15H,1H3,(H,25,26,27). The second kappa shape index (κ2) is 7.71. The van der Waals surface area contributed by atoms with Gasteiger partial charge in [-0.25, -0.2) is 9.97 Å². The first-order valence-electron chi connectivity index (χ1n) is 9.61. The van der Waals surface area contributed by atoms with E-state index >= 15 is 0 Å². The average Bonchev–Trinajstić information content (AvgIpc) is 3.31. The number of aromatic nitrogens is 5. The Morgan fingerprint density at radius 2 is 1.57 bits per heavy atom. The van der Waals surface area contributed by atoms with Crippen molar-refractivity contribution in [2.75, 3.05) is 5.32 Å². The summed E-state index contributed by atoms with van der Waals surface area (Å²) in [6.45, 7) is 1.97. The summed E-state index contributed by atoms with van der Waals surface area (Å²) in [4.78, 5) is 18.1. The molecule has 0 saturated heterocycles. The fraction of sp³-hybridized carbons (Fsp3) is 0.0870. The van der Waals surface area contributed by atoms with E-state index < -0.39 is 0 Å². The first kappa shape index (κ1) is 17.9. The Hall–Kier alpha value is -4.13. The molecule has 0 aliphatic heterocycles. The lowest BCUT2D eigenvalue weighted by Gasteiger charge is -2.14. The van der Waals surface area contributed by atoms with Gasteiger partial charge < -0.3 is 9.84 Å². The van der Waals surface area contributed by atoms with Gasteiger partial charge in [-0.1, -0.05) is 35.5 Å². The van der Waals surface area contributed by atoms with Gasteiger partial charge in [0.1, 0.15) is 5.82 Å². The van der Waals surface area contributed by atoms with Crippen LogP contribution in [0.15, 0.2) is 83.6 Å². The first-order chi connectivity index (χ1) is 14.8. The quantitative estimate of drug-likeness (QED) is 0.453. The van der Waals surface area contributed by atoms with Crippen molar-refractivity contribution < 1.29 is 4.52 Å². The van der Waals surface area contributed by atoms with Crippen LogP contribution in [0.5, 0.6) is 0 Å². The van der Waals surface area contributed by atoms with Crippen LogP contribution in [0.3, 0.4) is 0 Å². The number of hydrogen-bond acceptors (Lipinski definition) is 7. The van der Waals surface area contributed by atoms with E-state index in [9.17, 15) is 0 Å². The number of hydrogen-bond donors (Lipinski definition) is 1. The zero-order chi connectivity index (χ0) is 20.3. The number of anilines is 1. The van der Waals surface area contributed by atoms with Gasteiger partial charge in [-0.05, 0) is 43.3 Å². The summed E-state index contributed by atoms with van der Waals surface area (Å²) >= 11 is 0. The molecule has 7 nitrogen and oxygen atoms in total. The van der Waals surface area contributed by atoms with E-state index in [4.69, 9.17) is 14.5 Å². The highest BCUT2D eigenvalue weighted by atomic mass is 16.5. The predicted molar refractivity (Wildman–Crippen MR) is 115 cm³/mol. The SMILES string of the molecule is CC(Nc1nc(-c2ccncc2)nc2ccccc12)c1noc(-c2ccccc2)n1. The van der Waals surface area contributed by atoms with Crippen LogP contribution in [-0.2, 0) is 0 Å². The molecule has 0 radical (unpaired) electrons. The van der Waals surface area contributed by atoms with Gasteiger partial charge in [0.15, 0.2) is 11.6 Å². The van der Waals surface area contributed by atoms with Crippen molar-refractivity contribution in [3.63, 3.8) is 0 Å². The molecule has 1 N–H and O–H groups in total. The third-order valence-electron chi connectivity index (χ3n) is 4.74. The fourth-order valence-corrected chi connectivity index (χ4v) is 3.20. The number of nitrogens with zero attached hydrogens (tertiary/aromatic N) is 5. The van der Waals surface area contributed by atoms with E-state index in [2.05, 4.69) is 20.4 Å². The molecule has 0 saturated carbocycles. The molecule has 7 heteroatoms. The summed E-state index contributed by atoms with van der Waals surface area (Å²) in [5, 5.41) is 8.50. The van der Waals surface area contributed by atoms with Crippen molar-refractivity contribution >= 4 is 16.7 Å². The molecule has 0 fully saturated rings. The Bertz CT molecular complexity index is 1290. The molecule has 146 valence electrons. The Kier molecular flexibility index (Phi) is 4.61. The molecule has 3 aromatic heterocycles. The van der Waals surface area contributed by atoms with Gasteiger partial charge in [0.05, 0.1) is 11.6 Å². The van der Waals surface area contributed by atoms with Crippen LogP contribution >= 0.6 is 0 Å². The minimum atomic E-state index is -0.213. The van der Waals surface area contributed by atoms with Crippen molar-refractivity contribution in [1.82, 2.24) is 25.1 Å². The van der Waals surface area contributed by atoms with E-state index in [1.807, 2.05) is 73.7 Å².